The molecule has 0 saturated carbocycles. The Morgan fingerprint density at radius 1 is 0.889 bits per heavy atom. The van der Waals surface area contributed by atoms with Crippen molar-refractivity contribution in [2.45, 2.75) is 6.04 Å². The van der Waals surface area contributed by atoms with Crippen LogP contribution in [0.5, 0.6) is 0 Å². The molecule has 0 heterocycles. The topological polar surface area (TPSA) is 26.0 Å². The number of nitrogens with two attached hydrogens (primary N) is 1. The minimum Gasteiger partial charge on any atom is -0.321 e. The van der Waals surface area contributed by atoms with Gasteiger partial charge in [-0.05, 0) is 33.2 Å². The molecule has 0 aromatic heterocycles. The van der Waals surface area contributed by atoms with E-state index in [1.54, 1.807) is 6.08 Å². The second-order valence-electron chi connectivity index (χ2n) is 4.49. The van der Waals surface area contributed by atoms with Gasteiger partial charge in [-0.2, -0.15) is 0 Å². The van der Waals surface area contributed by atoms with E-state index in [0.29, 0.717) is 0 Å². The van der Waals surface area contributed by atoms with E-state index in [2.05, 4.69) is 61.2 Å². The molecule has 0 radical (unpaired) electrons. The van der Waals surface area contributed by atoms with Crippen LogP contribution in [-0.2, 0) is 0 Å². The summed E-state index contributed by atoms with van der Waals surface area (Å²) in [7, 11) is 0. The lowest BCUT2D eigenvalue weighted by atomic mass is 9.92. The molecular formula is C17H15N. The van der Waals surface area contributed by atoms with Crippen LogP contribution >= 0.6 is 0 Å². The molecule has 0 unspecified atom stereocenters. The summed E-state index contributed by atoms with van der Waals surface area (Å²) >= 11 is 0. The van der Waals surface area contributed by atoms with Gasteiger partial charge in [0.25, 0.3) is 0 Å². The van der Waals surface area contributed by atoms with Crippen LogP contribution in [0.25, 0.3) is 21.5 Å². The summed E-state index contributed by atoms with van der Waals surface area (Å²) in [6.07, 6.45) is 1.80. The lowest BCUT2D eigenvalue weighted by Gasteiger charge is -2.15. The molecule has 0 amide bonds. The number of benzene rings is 3. The maximum absolute atomic E-state index is 6.21. The number of hydrogen-bond acceptors (Lipinski definition) is 1. The summed E-state index contributed by atoms with van der Waals surface area (Å²) in [4.78, 5) is 0. The first kappa shape index (κ1) is 11.0. The molecule has 1 atom stereocenters. The normalized spacial score (nSPS) is 12.7. The van der Waals surface area contributed by atoms with Gasteiger partial charge >= 0.3 is 0 Å². The van der Waals surface area contributed by atoms with Gasteiger partial charge in [0.15, 0.2) is 0 Å². The fourth-order valence-electron chi connectivity index (χ4n) is 2.53. The van der Waals surface area contributed by atoms with Crippen LogP contribution in [-0.4, -0.2) is 0 Å². The summed E-state index contributed by atoms with van der Waals surface area (Å²) < 4.78 is 0. The Bertz CT molecular complexity index is 674. The Morgan fingerprint density at radius 2 is 1.39 bits per heavy atom. The van der Waals surface area contributed by atoms with Crippen molar-refractivity contribution in [3.8, 4) is 0 Å². The van der Waals surface area contributed by atoms with E-state index in [9.17, 15) is 0 Å². The summed E-state index contributed by atoms with van der Waals surface area (Å²) in [5.41, 5.74) is 7.37. The van der Waals surface area contributed by atoms with E-state index in [-0.39, 0.29) is 6.04 Å². The number of fused-ring (bicyclic) bond motifs is 2. The molecule has 0 aliphatic carbocycles. The fourth-order valence-corrected chi connectivity index (χ4v) is 2.53. The van der Waals surface area contributed by atoms with Crippen molar-refractivity contribution < 1.29 is 0 Å². The minimum absolute atomic E-state index is 0.138. The summed E-state index contributed by atoms with van der Waals surface area (Å²) in [5.74, 6) is 0. The molecule has 3 aromatic rings. The molecule has 0 aliphatic rings. The monoisotopic (exact) mass is 233 g/mol. The Labute approximate surface area is 107 Å². The third kappa shape index (κ3) is 1.60. The quantitative estimate of drug-likeness (QED) is 0.521. The van der Waals surface area contributed by atoms with Crippen LogP contribution in [0.15, 0.2) is 67.3 Å². The summed E-state index contributed by atoms with van der Waals surface area (Å²) in [5, 5.41) is 4.87. The second-order valence-corrected chi connectivity index (χ2v) is 4.49. The smallest absolute Gasteiger partial charge is 0.0490 e. The molecule has 0 bridgehead atoms. The molecule has 0 fully saturated rings. The molecule has 88 valence electrons. The van der Waals surface area contributed by atoms with Crippen LogP contribution in [0.2, 0.25) is 0 Å². The van der Waals surface area contributed by atoms with Gasteiger partial charge in [0, 0.05) is 6.04 Å². The molecule has 1 heteroatoms. The van der Waals surface area contributed by atoms with Crippen molar-refractivity contribution in [2.24, 2.45) is 5.73 Å². The molecule has 3 aromatic carbocycles. The zero-order chi connectivity index (χ0) is 12.5. The zero-order valence-corrected chi connectivity index (χ0v) is 10.1. The van der Waals surface area contributed by atoms with Gasteiger partial charge in [-0.1, -0.05) is 54.6 Å². The van der Waals surface area contributed by atoms with Crippen LogP contribution < -0.4 is 5.73 Å². The minimum atomic E-state index is -0.138. The molecule has 0 saturated heterocycles. The fraction of sp³-hybridized carbons (Fsp3) is 0.0588. The van der Waals surface area contributed by atoms with Crippen LogP contribution in [0, 0.1) is 0 Å². The molecule has 18 heavy (non-hydrogen) atoms. The van der Waals surface area contributed by atoms with Gasteiger partial charge in [-0.3, -0.25) is 0 Å². The predicted octanol–water partition coefficient (Wildman–Crippen LogP) is 4.18. The average Bonchev–Trinajstić information content (AvgIpc) is 2.44. The Balaban J connectivity index is 2.53. The number of hydrogen-bond donors (Lipinski definition) is 1. The van der Waals surface area contributed by atoms with E-state index in [0.717, 1.165) is 0 Å². The van der Waals surface area contributed by atoms with Crippen LogP contribution in [0.3, 0.4) is 0 Å². The van der Waals surface area contributed by atoms with Gasteiger partial charge in [-0.15, -0.1) is 6.58 Å². The highest BCUT2D eigenvalue weighted by atomic mass is 14.6. The van der Waals surface area contributed by atoms with Crippen LogP contribution in [0.4, 0.5) is 0 Å². The number of rotatable bonds is 2. The van der Waals surface area contributed by atoms with Crippen molar-refractivity contribution >= 4 is 21.5 Å². The van der Waals surface area contributed by atoms with Crippen LogP contribution in [0.1, 0.15) is 11.6 Å². The molecule has 1 nitrogen and oxygen atoms in total. The first-order valence-electron chi connectivity index (χ1n) is 6.10. The van der Waals surface area contributed by atoms with Crippen molar-refractivity contribution in [1.29, 1.82) is 0 Å². The standard InChI is InChI=1S/C17H15N/c1-2-16(18)17-14-9-5-3-7-12(14)11-13-8-4-6-10-15(13)17/h2-11,16H,1,18H2/t16-/m1/s1. The molecular weight excluding hydrogens is 218 g/mol. The Hall–Kier alpha value is -2.12. The van der Waals surface area contributed by atoms with E-state index in [1.807, 2.05) is 0 Å². The Morgan fingerprint density at radius 3 is 1.89 bits per heavy atom. The van der Waals surface area contributed by atoms with E-state index in [1.165, 1.54) is 27.1 Å². The van der Waals surface area contributed by atoms with Crippen molar-refractivity contribution in [3.05, 3.63) is 72.8 Å². The molecule has 0 aliphatic heterocycles. The Kier molecular flexibility index (Phi) is 2.62. The van der Waals surface area contributed by atoms with E-state index >= 15 is 0 Å². The summed E-state index contributed by atoms with van der Waals surface area (Å²) in [6, 6.07) is 18.8. The molecule has 2 N–H and O–H groups in total. The molecule has 3 rings (SSSR count). The largest absolute Gasteiger partial charge is 0.321 e. The lowest BCUT2D eigenvalue weighted by molar-refractivity contribution is 0.935. The first-order chi connectivity index (χ1) is 8.81. The van der Waals surface area contributed by atoms with Gasteiger partial charge in [0.05, 0.1) is 0 Å². The first-order valence-corrected chi connectivity index (χ1v) is 6.10. The molecule has 0 spiro atoms. The van der Waals surface area contributed by atoms with Gasteiger partial charge < -0.3 is 5.73 Å². The summed E-state index contributed by atoms with van der Waals surface area (Å²) in [6.45, 7) is 3.83. The van der Waals surface area contributed by atoms with Crippen molar-refractivity contribution in [3.63, 3.8) is 0 Å². The third-order valence-corrected chi connectivity index (χ3v) is 3.40. The average molecular weight is 233 g/mol. The van der Waals surface area contributed by atoms with Gasteiger partial charge in [0.1, 0.15) is 0 Å². The van der Waals surface area contributed by atoms with Gasteiger partial charge in [0.2, 0.25) is 0 Å². The maximum atomic E-state index is 6.21. The SMILES string of the molecule is C=C[C@@H](N)c1c2ccccc2cc2ccccc12. The third-order valence-electron chi connectivity index (χ3n) is 3.40. The second kappa shape index (κ2) is 4.28. The highest BCUT2D eigenvalue weighted by Gasteiger charge is 2.11. The predicted molar refractivity (Wildman–Crippen MR) is 78.6 cm³/mol. The van der Waals surface area contributed by atoms with E-state index in [4.69, 9.17) is 5.73 Å². The highest BCUT2D eigenvalue weighted by molar-refractivity contribution is 6.02. The van der Waals surface area contributed by atoms with E-state index < -0.39 is 0 Å². The van der Waals surface area contributed by atoms with Gasteiger partial charge in [-0.25, -0.2) is 0 Å². The maximum Gasteiger partial charge on any atom is 0.0490 e. The lowest BCUT2D eigenvalue weighted by Crippen LogP contribution is -2.07. The van der Waals surface area contributed by atoms with Crippen molar-refractivity contribution in [2.75, 3.05) is 0 Å². The highest BCUT2D eigenvalue weighted by Crippen LogP contribution is 2.32. The zero-order valence-electron chi connectivity index (χ0n) is 10.1. The van der Waals surface area contributed by atoms with Crippen molar-refractivity contribution in [1.82, 2.24) is 0 Å².